The Hall–Kier alpha value is -3.81. The van der Waals surface area contributed by atoms with Crippen LogP contribution >= 0.6 is 0 Å². The maximum atomic E-state index is 5.61. The Morgan fingerprint density at radius 3 is 2.74 bits per heavy atom. The zero-order valence-electron chi connectivity index (χ0n) is 17.7. The predicted molar refractivity (Wildman–Crippen MR) is 120 cm³/mol. The number of benzene rings is 2. The molecule has 2 aromatic heterocycles. The van der Waals surface area contributed by atoms with E-state index >= 15 is 0 Å². The van der Waals surface area contributed by atoms with Crippen molar-refractivity contribution < 1.29 is 4.74 Å². The number of nitrogens with zero attached hydrogens (tertiary/aromatic N) is 6. The molecule has 158 valence electrons. The lowest BCUT2D eigenvalue weighted by atomic mass is 10.2. The van der Waals surface area contributed by atoms with E-state index in [0.717, 1.165) is 54.8 Å². The molecule has 1 aliphatic rings. The molecule has 1 aliphatic heterocycles. The zero-order chi connectivity index (χ0) is 21.2. The average Bonchev–Trinajstić information content (AvgIpc) is 3.40. The number of hydrogen-bond acceptors (Lipinski definition) is 6. The van der Waals surface area contributed by atoms with Gasteiger partial charge < -0.3 is 19.5 Å². The third kappa shape index (κ3) is 3.96. The van der Waals surface area contributed by atoms with Crippen LogP contribution in [0.3, 0.4) is 0 Å². The van der Waals surface area contributed by atoms with Crippen molar-refractivity contribution in [2.75, 3.05) is 23.9 Å². The van der Waals surface area contributed by atoms with Gasteiger partial charge in [0, 0.05) is 37.6 Å². The number of methoxy groups -OCH3 is 1. The average molecular weight is 416 g/mol. The second-order valence-electron chi connectivity index (χ2n) is 7.65. The number of ether oxygens (including phenoxy) is 1. The van der Waals surface area contributed by atoms with Crippen molar-refractivity contribution >= 4 is 17.6 Å². The second kappa shape index (κ2) is 8.14. The molecular formula is C23H25N7O. The van der Waals surface area contributed by atoms with Crippen molar-refractivity contribution in [2.24, 2.45) is 0 Å². The van der Waals surface area contributed by atoms with Crippen LogP contribution in [0.15, 0.2) is 61.1 Å². The molecule has 0 atom stereocenters. The van der Waals surface area contributed by atoms with Gasteiger partial charge in [0.05, 0.1) is 24.8 Å². The fourth-order valence-electron chi connectivity index (χ4n) is 3.89. The molecule has 8 heteroatoms. The minimum Gasteiger partial charge on any atom is -0.494 e. The summed E-state index contributed by atoms with van der Waals surface area (Å²) < 4.78 is 9.54. The number of nitrogens with one attached hydrogen (secondary N) is 1. The third-order valence-corrected chi connectivity index (χ3v) is 5.37. The lowest BCUT2D eigenvalue weighted by Crippen LogP contribution is -2.32. The summed E-state index contributed by atoms with van der Waals surface area (Å²) in [6.45, 7) is 4.63. The lowest BCUT2D eigenvalue weighted by Gasteiger charge is -2.27. The van der Waals surface area contributed by atoms with E-state index in [9.17, 15) is 0 Å². The van der Waals surface area contributed by atoms with Crippen molar-refractivity contribution in [1.29, 1.82) is 0 Å². The Kier molecular flexibility index (Phi) is 5.03. The molecule has 1 N–H and O–H groups in total. The monoisotopic (exact) mass is 415 g/mol. The number of aromatic nitrogens is 5. The van der Waals surface area contributed by atoms with Crippen LogP contribution in [-0.2, 0) is 13.1 Å². The maximum absolute atomic E-state index is 5.61. The molecule has 3 heterocycles. The summed E-state index contributed by atoms with van der Waals surface area (Å²) in [5.74, 6) is 2.23. The second-order valence-corrected chi connectivity index (χ2v) is 7.65. The van der Waals surface area contributed by atoms with Crippen LogP contribution < -0.4 is 15.0 Å². The number of anilines is 3. The van der Waals surface area contributed by atoms with E-state index < -0.39 is 0 Å². The number of imidazole rings is 1. The standard InChI is InChI=1S/C23H25N7O/c1-17-14-29(16-24-17)20-10-9-19(13-21(20)31-2)25-22-26-23-28(11-6-12-30(23)27-22)15-18-7-4-3-5-8-18/h3-5,7-10,13-14,16H,6,11-12,15H2,1-2H3,(H,25,27). The van der Waals surface area contributed by atoms with Gasteiger partial charge in [-0.25, -0.2) is 9.67 Å². The Bertz CT molecular complexity index is 1180. The van der Waals surface area contributed by atoms with Gasteiger partial charge >= 0.3 is 0 Å². The first kappa shape index (κ1) is 19.2. The lowest BCUT2D eigenvalue weighted by molar-refractivity contribution is 0.413. The molecule has 5 rings (SSSR count). The number of hydrogen-bond donors (Lipinski definition) is 1. The van der Waals surface area contributed by atoms with E-state index in [1.54, 1.807) is 13.4 Å². The van der Waals surface area contributed by atoms with Crippen LogP contribution in [-0.4, -0.2) is 38.0 Å². The van der Waals surface area contributed by atoms with Gasteiger partial charge in [-0.1, -0.05) is 30.3 Å². The van der Waals surface area contributed by atoms with E-state index in [2.05, 4.69) is 44.6 Å². The normalized spacial score (nSPS) is 13.2. The van der Waals surface area contributed by atoms with Gasteiger partial charge in [-0.15, -0.1) is 5.10 Å². The molecule has 0 aliphatic carbocycles. The van der Waals surface area contributed by atoms with Crippen molar-refractivity contribution in [3.05, 3.63) is 72.3 Å². The molecule has 0 spiro atoms. The fourth-order valence-corrected chi connectivity index (χ4v) is 3.89. The van der Waals surface area contributed by atoms with Gasteiger partial charge in [-0.3, -0.25) is 0 Å². The Morgan fingerprint density at radius 1 is 1.10 bits per heavy atom. The van der Waals surface area contributed by atoms with E-state index in [4.69, 9.17) is 9.72 Å². The van der Waals surface area contributed by atoms with Crippen molar-refractivity contribution in [3.63, 3.8) is 0 Å². The Morgan fingerprint density at radius 2 is 1.97 bits per heavy atom. The molecule has 0 unspecified atom stereocenters. The highest BCUT2D eigenvalue weighted by molar-refractivity contribution is 5.62. The third-order valence-electron chi connectivity index (χ3n) is 5.37. The number of rotatable bonds is 6. The van der Waals surface area contributed by atoms with Crippen molar-refractivity contribution in [3.8, 4) is 11.4 Å². The van der Waals surface area contributed by atoms with E-state index in [0.29, 0.717) is 5.95 Å². The van der Waals surface area contributed by atoms with Gasteiger partial charge in [-0.05, 0) is 31.0 Å². The molecule has 0 saturated heterocycles. The molecule has 0 bridgehead atoms. The van der Waals surface area contributed by atoms with Crippen LogP contribution in [0.1, 0.15) is 17.7 Å². The van der Waals surface area contributed by atoms with Gasteiger partial charge in [0.15, 0.2) is 0 Å². The molecule has 0 amide bonds. The Labute approximate surface area is 181 Å². The predicted octanol–water partition coefficient (Wildman–Crippen LogP) is 3.93. The van der Waals surface area contributed by atoms with Crippen molar-refractivity contribution in [1.82, 2.24) is 24.3 Å². The molecular weight excluding hydrogens is 390 g/mol. The summed E-state index contributed by atoms with van der Waals surface area (Å²) >= 11 is 0. The minimum absolute atomic E-state index is 0.586. The smallest absolute Gasteiger partial charge is 0.248 e. The van der Waals surface area contributed by atoms with Crippen LogP contribution in [0.2, 0.25) is 0 Å². The van der Waals surface area contributed by atoms with Gasteiger partial charge in [0.1, 0.15) is 5.75 Å². The van der Waals surface area contributed by atoms with Gasteiger partial charge in [0.25, 0.3) is 0 Å². The van der Waals surface area contributed by atoms with Gasteiger partial charge in [0.2, 0.25) is 11.9 Å². The quantitative estimate of drug-likeness (QED) is 0.514. The summed E-state index contributed by atoms with van der Waals surface area (Å²) in [6, 6.07) is 16.4. The molecule has 0 radical (unpaired) electrons. The molecule has 0 fully saturated rings. The fraction of sp³-hybridized carbons (Fsp3) is 0.261. The summed E-state index contributed by atoms with van der Waals surface area (Å²) in [4.78, 5) is 11.4. The molecule has 31 heavy (non-hydrogen) atoms. The first-order valence-corrected chi connectivity index (χ1v) is 10.4. The van der Waals surface area contributed by atoms with E-state index in [-0.39, 0.29) is 0 Å². The van der Waals surface area contributed by atoms with Crippen molar-refractivity contribution in [2.45, 2.75) is 26.4 Å². The molecule has 4 aromatic rings. The molecule has 0 saturated carbocycles. The highest BCUT2D eigenvalue weighted by Gasteiger charge is 2.21. The Balaban J connectivity index is 1.37. The summed E-state index contributed by atoms with van der Waals surface area (Å²) in [7, 11) is 1.67. The number of fused-ring (bicyclic) bond motifs is 1. The highest BCUT2D eigenvalue weighted by Crippen LogP contribution is 2.29. The van der Waals surface area contributed by atoms with Gasteiger partial charge in [-0.2, -0.15) is 4.98 Å². The zero-order valence-corrected chi connectivity index (χ0v) is 17.7. The van der Waals surface area contributed by atoms with Crippen LogP contribution in [0, 0.1) is 6.92 Å². The molecule has 8 nitrogen and oxygen atoms in total. The summed E-state index contributed by atoms with van der Waals surface area (Å²) in [5.41, 5.74) is 4.02. The SMILES string of the molecule is COc1cc(Nc2nc3n(n2)CCCN3Cc2ccccc2)ccc1-n1cnc(C)c1. The van der Waals surface area contributed by atoms with Crippen LogP contribution in [0.25, 0.3) is 5.69 Å². The topological polar surface area (TPSA) is 73.0 Å². The first-order chi connectivity index (χ1) is 15.2. The number of aryl methyl sites for hydroxylation is 2. The van der Waals surface area contributed by atoms with E-state index in [1.165, 1.54) is 5.56 Å². The summed E-state index contributed by atoms with van der Waals surface area (Å²) in [6.07, 6.45) is 4.80. The minimum atomic E-state index is 0.586. The maximum Gasteiger partial charge on any atom is 0.248 e. The van der Waals surface area contributed by atoms with Crippen LogP contribution in [0.5, 0.6) is 5.75 Å². The largest absolute Gasteiger partial charge is 0.494 e. The first-order valence-electron chi connectivity index (χ1n) is 10.4. The summed E-state index contributed by atoms with van der Waals surface area (Å²) in [5, 5.41) is 8.00. The molecule has 2 aromatic carbocycles. The van der Waals surface area contributed by atoms with Crippen LogP contribution in [0.4, 0.5) is 17.6 Å². The highest BCUT2D eigenvalue weighted by atomic mass is 16.5. The van der Waals surface area contributed by atoms with E-state index in [1.807, 2.05) is 46.6 Å².